The first kappa shape index (κ1) is 22.3. The summed E-state index contributed by atoms with van der Waals surface area (Å²) >= 11 is 0. The maximum atomic E-state index is 13.9. The van der Waals surface area contributed by atoms with Crippen molar-refractivity contribution in [3.63, 3.8) is 0 Å². The Morgan fingerprint density at radius 3 is 1.76 bits per heavy atom. The van der Waals surface area contributed by atoms with Crippen molar-refractivity contribution in [1.29, 1.82) is 0 Å². The topological polar surface area (TPSA) is 0 Å². The van der Waals surface area contributed by atoms with E-state index in [-0.39, 0.29) is 5.92 Å². The van der Waals surface area contributed by atoms with Crippen LogP contribution in [0, 0.1) is 29.4 Å². The maximum absolute atomic E-state index is 13.9. The van der Waals surface area contributed by atoms with Crippen LogP contribution in [0.3, 0.4) is 0 Å². The minimum absolute atomic E-state index is 0.0474. The van der Waals surface area contributed by atoms with Crippen LogP contribution in [0.25, 0.3) is 0 Å². The molecule has 2 saturated carbocycles. The monoisotopic (exact) mass is 414 g/mol. The number of rotatable bonds is 5. The zero-order chi connectivity index (χ0) is 21.0. The first-order valence-corrected chi connectivity index (χ1v) is 11.0. The second-order valence-corrected chi connectivity index (χ2v) is 8.96. The Balaban J connectivity index is 1.47. The normalized spacial score (nSPS) is 28.8. The summed E-state index contributed by atoms with van der Waals surface area (Å²) in [5.74, 6) is -0.854. The third-order valence-electron chi connectivity index (χ3n) is 7.01. The fourth-order valence-electron chi connectivity index (χ4n) is 5.30. The Labute approximate surface area is 170 Å². The van der Waals surface area contributed by atoms with Gasteiger partial charge in [-0.1, -0.05) is 25.0 Å². The van der Waals surface area contributed by atoms with Crippen LogP contribution in [0.5, 0.6) is 0 Å². The summed E-state index contributed by atoms with van der Waals surface area (Å²) in [5, 5.41) is 0. The van der Waals surface area contributed by atoms with Crippen molar-refractivity contribution in [1.82, 2.24) is 0 Å². The highest BCUT2D eigenvalue weighted by Gasteiger charge is 2.38. The lowest BCUT2D eigenvalue weighted by Crippen LogP contribution is -2.18. The molecule has 0 heterocycles. The molecule has 0 spiro atoms. The molecule has 0 unspecified atom stereocenters. The van der Waals surface area contributed by atoms with Gasteiger partial charge in [-0.25, -0.2) is 8.78 Å². The lowest BCUT2D eigenvalue weighted by Gasteiger charge is -2.31. The quantitative estimate of drug-likeness (QED) is 0.335. The van der Waals surface area contributed by atoms with Gasteiger partial charge in [-0.3, -0.25) is 0 Å². The molecule has 29 heavy (non-hydrogen) atoms. The number of hydrogen-bond acceptors (Lipinski definition) is 0. The fourth-order valence-corrected chi connectivity index (χ4v) is 5.30. The van der Waals surface area contributed by atoms with E-state index in [1.54, 1.807) is 0 Å². The molecule has 0 radical (unpaired) electrons. The minimum Gasteiger partial charge on any atom is -0.206 e. The predicted octanol–water partition coefficient (Wildman–Crippen LogP) is 8.42. The Morgan fingerprint density at radius 1 is 0.828 bits per heavy atom. The van der Waals surface area contributed by atoms with Gasteiger partial charge in [-0.15, -0.1) is 0 Å². The van der Waals surface area contributed by atoms with Crippen molar-refractivity contribution in [3.05, 3.63) is 47.0 Å². The summed E-state index contributed by atoms with van der Waals surface area (Å²) in [6, 6.07) is 1.78. The minimum atomic E-state index is -5.00. The van der Waals surface area contributed by atoms with E-state index >= 15 is 0 Å². The number of halogens is 5. The highest BCUT2D eigenvalue weighted by molar-refractivity contribution is 5.30. The van der Waals surface area contributed by atoms with E-state index in [1.807, 2.05) is 0 Å². The van der Waals surface area contributed by atoms with Crippen LogP contribution >= 0.6 is 0 Å². The van der Waals surface area contributed by atoms with Gasteiger partial charge in [0, 0.05) is 0 Å². The van der Waals surface area contributed by atoms with E-state index in [1.165, 1.54) is 38.5 Å². The largest absolute Gasteiger partial charge is 0.422 e. The van der Waals surface area contributed by atoms with Gasteiger partial charge in [0.2, 0.25) is 0 Å². The summed E-state index contributed by atoms with van der Waals surface area (Å²) in [7, 11) is 0. The molecule has 0 saturated heterocycles. The van der Waals surface area contributed by atoms with E-state index in [0.717, 1.165) is 49.7 Å². The highest BCUT2D eigenvalue weighted by atomic mass is 19.4. The van der Waals surface area contributed by atoms with Crippen molar-refractivity contribution in [2.24, 2.45) is 17.8 Å². The summed E-state index contributed by atoms with van der Waals surface area (Å²) in [6.45, 7) is 2.08. The molecule has 2 aliphatic rings. The molecular formula is C24H31F5. The van der Waals surface area contributed by atoms with Gasteiger partial charge >= 0.3 is 6.18 Å². The average Bonchev–Trinajstić information content (AvgIpc) is 2.66. The van der Waals surface area contributed by atoms with Crippen molar-refractivity contribution in [2.45, 2.75) is 83.2 Å². The van der Waals surface area contributed by atoms with E-state index in [9.17, 15) is 22.0 Å². The third-order valence-corrected chi connectivity index (χ3v) is 7.01. The molecule has 0 aliphatic heterocycles. The third kappa shape index (κ3) is 5.82. The van der Waals surface area contributed by atoms with Gasteiger partial charge in [0.05, 0.1) is 0 Å². The van der Waals surface area contributed by atoms with Crippen LogP contribution in [0.4, 0.5) is 22.0 Å². The van der Waals surface area contributed by atoms with Crippen LogP contribution in [-0.2, 0) is 6.18 Å². The number of hydrogen-bond donors (Lipinski definition) is 0. The standard InChI is InChI=1S/C24H31F5/c1-2-3-16-4-6-17(7-5-16)8-9-18-10-12-19(13-11-18)20-14-21(25)23(22(26)15-20)24(27,28)29/h2-3,14-19H,4-13H2,1H3. The predicted molar refractivity (Wildman–Crippen MR) is 106 cm³/mol. The molecule has 162 valence electrons. The number of allylic oxidation sites excluding steroid dienone is 2. The first-order valence-electron chi connectivity index (χ1n) is 11.0. The molecule has 1 aromatic carbocycles. The van der Waals surface area contributed by atoms with Gasteiger partial charge in [0.1, 0.15) is 17.2 Å². The lowest BCUT2D eigenvalue weighted by atomic mass is 9.74. The van der Waals surface area contributed by atoms with Crippen LogP contribution < -0.4 is 0 Å². The van der Waals surface area contributed by atoms with Crippen molar-refractivity contribution in [3.8, 4) is 0 Å². The van der Waals surface area contributed by atoms with Gasteiger partial charge in [0.15, 0.2) is 0 Å². The maximum Gasteiger partial charge on any atom is 0.422 e. The smallest absolute Gasteiger partial charge is 0.206 e. The van der Waals surface area contributed by atoms with Crippen LogP contribution in [0.15, 0.2) is 24.3 Å². The summed E-state index contributed by atoms with van der Waals surface area (Å²) in [6.07, 6.45) is 10.7. The van der Waals surface area contributed by atoms with Gasteiger partial charge < -0.3 is 0 Å². The molecule has 0 nitrogen and oxygen atoms in total. The van der Waals surface area contributed by atoms with Crippen LogP contribution in [0.2, 0.25) is 0 Å². The van der Waals surface area contributed by atoms with E-state index in [2.05, 4.69) is 19.1 Å². The summed E-state index contributed by atoms with van der Waals surface area (Å²) in [4.78, 5) is 0. The molecule has 2 aliphatic carbocycles. The van der Waals surface area contributed by atoms with Gasteiger partial charge in [-0.2, -0.15) is 13.2 Å². The molecule has 0 atom stereocenters. The second kappa shape index (κ2) is 9.61. The molecule has 2 fully saturated rings. The number of alkyl halides is 3. The van der Waals surface area contributed by atoms with Crippen molar-refractivity contribution >= 4 is 0 Å². The highest BCUT2D eigenvalue weighted by Crippen LogP contribution is 2.42. The van der Waals surface area contributed by atoms with Crippen molar-refractivity contribution < 1.29 is 22.0 Å². The van der Waals surface area contributed by atoms with Crippen LogP contribution in [-0.4, -0.2) is 0 Å². The molecule has 0 aromatic heterocycles. The Kier molecular flexibility index (Phi) is 7.39. The zero-order valence-electron chi connectivity index (χ0n) is 17.1. The number of benzene rings is 1. The van der Waals surface area contributed by atoms with Crippen LogP contribution in [0.1, 0.15) is 88.2 Å². The molecular weight excluding hydrogens is 383 g/mol. The fraction of sp³-hybridized carbons (Fsp3) is 0.667. The molecule has 5 heteroatoms. The Hall–Kier alpha value is -1.39. The van der Waals surface area contributed by atoms with E-state index < -0.39 is 23.4 Å². The molecule has 1 aromatic rings. The summed E-state index contributed by atoms with van der Waals surface area (Å²) < 4.78 is 66.0. The molecule has 3 rings (SSSR count). The average molecular weight is 415 g/mol. The Bertz CT molecular complexity index is 667. The van der Waals surface area contributed by atoms with E-state index in [4.69, 9.17) is 0 Å². The van der Waals surface area contributed by atoms with E-state index in [0.29, 0.717) is 11.5 Å². The zero-order valence-corrected chi connectivity index (χ0v) is 17.1. The lowest BCUT2D eigenvalue weighted by molar-refractivity contribution is -0.142. The molecule has 0 amide bonds. The second-order valence-electron chi connectivity index (χ2n) is 8.96. The summed E-state index contributed by atoms with van der Waals surface area (Å²) in [5.41, 5.74) is -1.41. The van der Waals surface area contributed by atoms with Gasteiger partial charge in [0.25, 0.3) is 0 Å². The molecule has 0 N–H and O–H groups in total. The first-order chi connectivity index (χ1) is 13.8. The van der Waals surface area contributed by atoms with Gasteiger partial charge in [-0.05, 0) is 99.7 Å². The SMILES string of the molecule is CC=CC1CCC(CCC2CCC(c3cc(F)c(C(F)(F)F)c(F)c3)CC2)CC1. The molecule has 0 bridgehead atoms. The van der Waals surface area contributed by atoms with Crippen molar-refractivity contribution in [2.75, 3.05) is 0 Å². The Morgan fingerprint density at radius 2 is 1.31 bits per heavy atom.